The summed E-state index contributed by atoms with van der Waals surface area (Å²) in [5, 5.41) is 0.920. The smallest absolute Gasteiger partial charge is 0.276 e. The summed E-state index contributed by atoms with van der Waals surface area (Å²) in [6.07, 6.45) is 1.69. The molecular weight excluding hydrogens is 324 g/mol. The van der Waals surface area contributed by atoms with Crippen molar-refractivity contribution in [3.8, 4) is 11.5 Å². The third-order valence-corrected chi connectivity index (χ3v) is 4.21. The van der Waals surface area contributed by atoms with Crippen LogP contribution in [0.1, 0.15) is 12.5 Å². The first kappa shape index (κ1) is 16.6. The summed E-state index contributed by atoms with van der Waals surface area (Å²) in [5.74, 6) is 0.953. The summed E-state index contributed by atoms with van der Waals surface area (Å²) < 4.78 is 10.8. The number of hydrogen-bond donors (Lipinski definition) is 0. The second-order valence-electron chi connectivity index (χ2n) is 4.69. The first-order valence-corrected chi connectivity index (χ1v) is 7.47. The Morgan fingerprint density at radius 3 is 2.45 bits per heavy atom. The van der Waals surface area contributed by atoms with Crippen LogP contribution in [0.25, 0.3) is 6.08 Å². The molecule has 0 bridgehead atoms. The van der Waals surface area contributed by atoms with Crippen molar-refractivity contribution in [3.05, 3.63) is 28.4 Å². The van der Waals surface area contributed by atoms with Crippen molar-refractivity contribution in [1.82, 2.24) is 9.80 Å². The summed E-state index contributed by atoms with van der Waals surface area (Å²) in [5.41, 5.74) is 1.12. The maximum atomic E-state index is 12.2. The Bertz CT molecular complexity index is 660. The fourth-order valence-corrected chi connectivity index (χ4v) is 2.51. The van der Waals surface area contributed by atoms with Crippen LogP contribution in [0.4, 0.5) is 0 Å². The molecule has 1 aliphatic heterocycles. The number of carbonyl (C=O) groups is 1. The van der Waals surface area contributed by atoms with Crippen LogP contribution < -0.4 is 9.47 Å². The van der Waals surface area contributed by atoms with E-state index in [4.69, 9.17) is 33.3 Å². The van der Waals surface area contributed by atoms with Gasteiger partial charge >= 0.3 is 0 Å². The lowest BCUT2D eigenvalue weighted by molar-refractivity contribution is -0.121. The van der Waals surface area contributed by atoms with Crippen LogP contribution in [0.2, 0.25) is 5.02 Å². The lowest BCUT2D eigenvalue weighted by atomic mass is 10.1. The molecule has 5 nitrogen and oxygen atoms in total. The van der Waals surface area contributed by atoms with Crippen LogP contribution in [0.3, 0.4) is 0 Å². The van der Waals surface area contributed by atoms with E-state index in [9.17, 15) is 4.79 Å². The molecule has 0 aliphatic carbocycles. The lowest BCUT2D eigenvalue weighted by Gasteiger charge is -2.13. The maximum Gasteiger partial charge on any atom is 0.276 e. The Kier molecular flexibility index (Phi) is 4.93. The molecule has 2 rings (SSSR count). The van der Waals surface area contributed by atoms with Crippen LogP contribution in [0.5, 0.6) is 11.5 Å². The van der Waals surface area contributed by atoms with Crippen molar-refractivity contribution in [2.45, 2.75) is 6.92 Å². The summed E-state index contributed by atoms with van der Waals surface area (Å²) in [7, 11) is 4.94. The Morgan fingerprint density at radius 1 is 1.27 bits per heavy atom. The molecule has 0 saturated carbocycles. The third kappa shape index (κ3) is 2.89. The molecule has 0 unspecified atom stereocenters. The van der Waals surface area contributed by atoms with Crippen LogP contribution in [-0.2, 0) is 4.79 Å². The third-order valence-electron chi connectivity index (χ3n) is 3.33. The average molecular weight is 341 g/mol. The molecule has 1 heterocycles. The molecule has 1 fully saturated rings. The van der Waals surface area contributed by atoms with E-state index in [2.05, 4.69) is 0 Å². The van der Waals surface area contributed by atoms with E-state index in [0.29, 0.717) is 39.5 Å². The highest BCUT2D eigenvalue weighted by Gasteiger charge is 2.32. The van der Waals surface area contributed by atoms with E-state index >= 15 is 0 Å². The normalized spacial score (nSPS) is 16.7. The summed E-state index contributed by atoms with van der Waals surface area (Å²) in [4.78, 5) is 15.3. The number of hydrogen-bond acceptors (Lipinski definition) is 4. The number of ether oxygens (including phenoxy) is 2. The minimum absolute atomic E-state index is 0.170. The largest absolute Gasteiger partial charge is 0.493 e. The predicted molar refractivity (Wildman–Crippen MR) is 90.3 cm³/mol. The number of likely N-dealkylation sites (N-methyl/N-ethyl adjacent to an activating group) is 2. The number of methoxy groups -OCH3 is 1. The highest BCUT2D eigenvalue weighted by molar-refractivity contribution is 7.80. The van der Waals surface area contributed by atoms with Gasteiger partial charge in [-0.2, -0.15) is 0 Å². The van der Waals surface area contributed by atoms with E-state index in [1.54, 1.807) is 44.3 Å². The highest BCUT2D eigenvalue weighted by atomic mass is 35.5. The molecule has 1 saturated heterocycles. The number of halogens is 1. The average Bonchev–Trinajstić information content (AvgIpc) is 2.67. The number of nitrogens with zero attached hydrogens (tertiary/aromatic N) is 2. The van der Waals surface area contributed by atoms with Gasteiger partial charge in [0.1, 0.15) is 5.70 Å². The number of carbonyl (C=O) groups excluding carboxylic acids is 1. The number of benzene rings is 1. The first-order chi connectivity index (χ1) is 10.4. The molecule has 1 aliphatic rings. The van der Waals surface area contributed by atoms with E-state index in [1.165, 1.54) is 4.90 Å². The summed E-state index contributed by atoms with van der Waals surface area (Å²) in [6.45, 7) is 2.39. The topological polar surface area (TPSA) is 42.0 Å². The number of amides is 1. The zero-order chi connectivity index (χ0) is 16.4. The number of rotatable bonds is 4. The van der Waals surface area contributed by atoms with Crippen molar-refractivity contribution in [2.75, 3.05) is 27.8 Å². The molecule has 1 aromatic carbocycles. The standard InChI is InChI=1S/C15H17ClN2O3S/c1-5-21-13-8-10(16)9(7-12(13)20-4)6-11-14(19)18(3)15(22)17(11)2/h6-8H,5H2,1-4H3/b11-6-. The van der Waals surface area contributed by atoms with Crippen molar-refractivity contribution < 1.29 is 14.3 Å². The van der Waals surface area contributed by atoms with Gasteiger partial charge in [-0.1, -0.05) is 11.6 Å². The molecule has 0 atom stereocenters. The molecule has 7 heteroatoms. The van der Waals surface area contributed by atoms with Crippen LogP contribution in [-0.4, -0.2) is 48.6 Å². The van der Waals surface area contributed by atoms with Gasteiger partial charge in [0.05, 0.1) is 18.7 Å². The van der Waals surface area contributed by atoms with Crippen LogP contribution >= 0.6 is 23.8 Å². The van der Waals surface area contributed by atoms with Gasteiger partial charge in [0.2, 0.25) is 0 Å². The zero-order valence-electron chi connectivity index (χ0n) is 12.8. The molecule has 22 heavy (non-hydrogen) atoms. The second-order valence-corrected chi connectivity index (χ2v) is 5.47. The van der Waals surface area contributed by atoms with Crippen molar-refractivity contribution in [1.29, 1.82) is 0 Å². The Morgan fingerprint density at radius 2 is 1.95 bits per heavy atom. The fraction of sp³-hybridized carbons (Fsp3) is 0.333. The molecule has 0 aromatic heterocycles. The van der Waals surface area contributed by atoms with Gasteiger partial charge in [0.15, 0.2) is 16.6 Å². The fourth-order valence-electron chi connectivity index (χ4n) is 2.13. The maximum absolute atomic E-state index is 12.2. The molecule has 1 amide bonds. The highest BCUT2D eigenvalue weighted by Crippen LogP contribution is 2.35. The van der Waals surface area contributed by atoms with E-state index < -0.39 is 0 Å². The van der Waals surface area contributed by atoms with E-state index in [0.717, 1.165) is 0 Å². The monoisotopic (exact) mass is 340 g/mol. The number of thiocarbonyl (C=S) groups is 1. The van der Waals surface area contributed by atoms with E-state index in [-0.39, 0.29) is 5.91 Å². The zero-order valence-corrected chi connectivity index (χ0v) is 14.4. The predicted octanol–water partition coefficient (Wildman–Crippen LogP) is 2.78. The minimum atomic E-state index is -0.170. The Labute approximate surface area is 140 Å². The van der Waals surface area contributed by atoms with Crippen molar-refractivity contribution >= 4 is 40.9 Å². The van der Waals surface area contributed by atoms with Gasteiger partial charge < -0.3 is 14.4 Å². The second kappa shape index (κ2) is 6.54. The minimum Gasteiger partial charge on any atom is -0.493 e. The van der Waals surface area contributed by atoms with Gasteiger partial charge in [0, 0.05) is 20.2 Å². The quantitative estimate of drug-likeness (QED) is 0.623. The molecule has 0 N–H and O–H groups in total. The van der Waals surface area contributed by atoms with Crippen LogP contribution in [0, 0.1) is 0 Å². The van der Waals surface area contributed by atoms with Gasteiger partial charge in [0.25, 0.3) is 5.91 Å². The van der Waals surface area contributed by atoms with E-state index in [1.807, 2.05) is 6.92 Å². The van der Waals surface area contributed by atoms with Crippen molar-refractivity contribution in [2.24, 2.45) is 0 Å². The molecular formula is C15H17ClN2O3S. The summed E-state index contributed by atoms with van der Waals surface area (Å²) in [6, 6.07) is 3.42. The first-order valence-electron chi connectivity index (χ1n) is 6.68. The molecule has 1 aromatic rings. The van der Waals surface area contributed by atoms with Gasteiger partial charge in [-0.25, -0.2) is 0 Å². The van der Waals surface area contributed by atoms with Gasteiger partial charge in [-0.05, 0) is 36.8 Å². The Balaban J connectivity index is 2.47. The Hall–Kier alpha value is -1.79. The van der Waals surface area contributed by atoms with Crippen LogP contribution in [0.15, 0.2) is 17.8 Å². The summed E-state index contributed by atoms with van der Waals surface area (Å²) >= 11 is 11.5. The van der Waals surface area contributed by atoms with Gasteiger partial charge in [-0.15, -0.1) is 0 Å². The lowest BCUT2D eigenvalue weighted by Crippen LogP contribution is -2.26. The van der Waals surface area contributed by atoms with Crippen molar-refractivity contribution in [3.63, 3.8) is 0 Å². The van der Waals surface area contributed by atoms with Gasteiger partial charge in [-0.3, -0.25) is 9.69 Å². The SMILES string of the molecule is CCOc1cc(Cl)c(/C=C2/C(=O)N(C)C(=S)N2C)cc1OC. The molecule has 118 valence electrons. The molecule has 0 spiro atoms. The molecule has 0 radical (unpaired) electrons.